The molecule has 0 atom stereocenters. The molecule has 1 N–H and O–H groups in total. The summed E-state index contributed by atoms with van der Waals surface area (Å²) in [6.45, 7) is 7.97. The van der Waals surface area contributed by atoms with Crippen molar-refractivity contribution in [3.05, 3.63) is 58.7 Å². The Hall–Kier alpha value is -2.80. The quantitative estimate of drug-likeness (QED) is 0.606. The highest BCUT2D eigenvalue weighted by Gasteiger charge is 2.37. The normalized spacial score (nSPS) is 24.2. The van der Waals surface area contributed by atoms with E-state index in [2.05, 4.69) is 27.3 Å². The summed E-state index contributed by atoms with van der Waals surface area (Å²) in [6, 6.07) is 6.06. The van der Waals surface area contributed by atoms with E-state index >= 15 is 0 Å². The molecule has 8 nitrogen and oxygen atoms in total. The molecule has 2 aliphatic heterocycles. The van der Waals surface area contributed by atoms with Crippen molar-refractivity contribution in [1.29, 1.82) is 0 Å². The van der Waals surface area contributed by atoms with Crippen LogP contribution in [0.5, 0.6) is 0 Å². The average molecular weight is 508 g/mol. The minimum absolute atomic E-state index is 0.0297. The van der Waals surface area contributed by atoms with Gasteiger partial charge in [-0.25, -0.2) is 0 Å². The Morgan fingerprint density at radius 3 is 2.47 bits per heavy atom. The fourth-order valence-corrected chi connectivity index (χ4v) is 7.31. The van der Waals surface area contributed by atoms with Gasteiger partial charge in [0.25, 0.3) is 21.9 Å². The molecule has 36 heavy (non-hydrogen) atoms. The van der Waals surface area contributed by atoms with Gasteiger partial charge in [0.05, 0.1) is 0 Å². The highest BCUT2D eigenvalue weighted by Crippen LogP contribution is 2.50. The molecule has 4 aliphatic rings. The van der Waals surface area contributed by atoms with Crippen molar-refractivity contribution in [2.75, 3.05) is 32.5 Å². The largest absolute Gasteiger partial charge is 0.361 e. The summed E-state index contributed by atoms with van der Waals surface area (Å²) in [6.07, 6.45) is 12.8. The van der Waals surface area contributed by atoms with Crippen LogP contribution in [0.25, 0.3) is 10.4 Å². The average Bonchev–Trinajstić information content (AvgIpc) is 3.53. The smallest absolute Gasteiger partial charge is 0.293 e. The number of carbonyl (C=O) groups excluding carboxylic acids is 1. The van der Waals surface area contributed by atoms with Crippen molar-refractivity contribution in [2.45, 2.75) is 57.3 Å². The van der Waals surface area contributed by atoms with Crippen molar-refractivity contribution in [3.63, 3.8) is 0 Å². The molecule has 2 heterocycles. The second kappa shape index (κ2) is 9.58. The molecule has 2 aliphatic carbocycles. The van der Waals surface area contributed by atoms with E-state index in [1.807, 2.05) is 12.1 Å². The first-order valence-corrected chi connectivity index (χ1v) is 14.1. The van der Waals surface area contributed by atoms with Gasteiger partial charge in [-0.15, -0.1) is 4.99 Å². The number of likely N-dealkylation sites (N-methyl/N-ethyl adjacent to an activating group) is 2. The number of hydrogen-bond acceptors (Lipinski definition) is 4. The number of allylic oxidation sites excluding steroid dienone is 3. The minimum atomic E-state index is -3.41. The number of benzene rings is 1. The van der Waals surface area contributed by atoms with Crippen molar-refractivity contribution >= 4 is 33.1 Å². The van der Waals surface area contributed by atoms with E-state index in [9.17, 15) is 13.2 Å². The van der Waals surface area contributed by atoms with Crippen molar-refractivity contribution in [3.8, 4) is 0 Å². The lowest BCUT2D eigenvalue weighted by atomic mass is 9.72. The van der Waals surface area contributed by atoms with Gasteiger partial charge in [0.1, 0.15) is 0 Å². The van der Waals surface area contributed by atoms with E-state index in [0.717, 1.165) is 36.1 Å². The zero-order chi connectivity index (χ0) is 25.5. The number of carbonyl (C=O) groups is 1. The standard InChI is InChI=1S/C27H33N5O3S/c1-28-25-9-8-24(29-25)26(33)30-23-7-6-20(21-17-31(2)36(34,35)32(3)18-21)16-22(23)19-10-14-27(15-11-19)12-4-5-13-27/h6-7,9-10,16,21H,4-5,8,11-15,17-18H2,2-3H3,(H,30,33). The van der Waals surface area contributed by atoms with E-state index < -0.39 is 10.2 Å². The first kappa shape index (κ1) is 24.9. The van der Waals surface area contributed by atoms with Crippen LogP contribution in [0.1, 0.15) is 68.4 Å². The predicted octanol–water partition coefficient (Wildman–Crippen LogP) is 4.56. The second-order valence-electron chi connectivity index (χ2n) is 10.6. The molecule has 1 aromatic rings. The summed E-state index contributed by atoms with van der Waals surface area (Å²) >= 11 is 0. The first-order chi connectivity index (χ1) is 17.2. The molecule has 1 saturated carbocycles. The van der Waals surface area contributed by atoms with E-state index in [-0.39, 0.29) is 17.6 Å². The molecule has 0 bridgehead atoms. The lowest BCUT2D eigenvalue weighted by Gasteiger charge is -2.36. The van der Waals surface area contributed by atoms with Crippen LogP contribution in [0.15, 0.2) is 41.2 Å². The number of amides is 1. The van der Waals surface area contributed by atoms with Crippen LogP contribution >= 0.6 is 0 Å². The third-order valence-corrected chi connectivity index (χ3v) is 10.2. The van der Waals surface area contributed by atoms with Gasteiger partial charge < -0.3 is 10.2 Å². The molecular weight excluding hydrogens is 474 g/mol. The number of hydrogen-bond donors (Lipinski definition) is 1. The van der Waals surface area contributed by atoms with E-state index in [1.165, 1.54) is 39.9 Å². The van der Waals surface area contributed by atoms with Gasteiger partial charge >= 0.3 is 0 Å². The molecule has 9 heteroatoms. The maximum Gasteiger partial charge on any atom is 0.293 e. The third kappa shape index (κ3) is 4.65. The topological polar surface area (TPSA) is 86.4 Å². The molecule has 0 radical (unpaired) electrons. The molecule has 1 saturated heterocycles. The first-order valence-electron chi connectivity index (χ1n) is 12.7. The van der Waals surface area contributed by atoms with Gasteiger partial charge in [-0.3, -0.25) is 4.79 Å². The van der Waals surface area contributed by atoms with Crippen LogP contribution < -0.4 is 5.32 Å². The summed E-state index contributed by atoms with van der Waals surface area (Å²) in [7, 11) is -0.172. The monoisotopic (exact) mass is 507 g/mol. The Morgan fingerprint density at radius 1 is 1.14 bits per heavy atom. The molecule has 0 unspecified atom stereocenters. The number of anilines is 1. The highest BCUT2D eigenvalue weighted by molar-refractivity contribution is 7.86. The molecule has 5 rings (SSSR count). The fourth-order valence-electron chi connectivity index (χ4n) is 6.10. The zero-order valence-electron chi connectivity index (χ0n) is 21.0. The minimum Gasteiger partial charge on any atom is -0.361 e. The van der Waals surface area contributed by atoms with E-state index in [4.69, 9.17) is 6.57 Å². The molecular formula is C27H33N5O3S. The van der Waals surface area contributed by atoms with E-state index in [0.29, 0.717) is 30.6 Å². The lowest BCUT2D eigenvalue weighted by molar-refractivity contribution is -0.110. The Kier molecular flexibility index (Phi) is 6.62. The number of nitrogens with zero attached hydrogens (tertiary/aromatic N) is 4. The summed E-state index contributed by atoms with van der Waals surface area (Å²) < 4.78 is 27.7. The fraction of sp³-hybridized carbons (Fsp3) is 0.519. The molecule has 1 spiro atoms. The van der Waals surface area contributed by atoms with Crippen molar-refractivity contribution in [2.24, 2.45) is 10.4 Å². The van der Waals surface area contributed by atoms with Crippen LogP contribution in [0, 0.1) is 12.0 Å². The third-order valence-electron chi connectivity index (χ3n) is 8.33. The molecule has 1 aromatic carbocycles. The Bertz CT molecular complexity index is 1300. The van der Waals surface area contributed by atoms with Crippen LogP contribution in [0.4, 0.5) is 5.69 Å². The van der Waals surface area contributed by atoms with Gasteiger partial charge in [-0.1, -0.05) is 37.6 Å². The molecule has 1 amide bonds. The molecule has 0 aromatic heterocycles. The van der Waals surface area contributed by atoms with Crippen LogP contribution in [-0.4, -0.2) is 55.8 Å². The van der Waals surface area contributed by atoms with Crippen LogP contribution in [-0.2, 0) is 15.0 Å². The highest BCUT2D eigenvalue weighted by atomic mass is 32.2. The number of rotatable bonds is 4. The van der Waals surface area contributed by atoms with E-state index in [1.54, 1.807) is 20.2 Å². The summed E-state index contributed by atoms with van der Waals surface area (Å²) in [5, 5.41) is 3.05. The predicted molar refractivity (Wildman–Crippen MR) is 141 cm³/mol. The van der Waals surface area contributed by atoms with Gasteiger partial charge in [0, 0.05) is 50.8 Å². The number of aliphatic imine (C=N–C) groups is 1. The Balaban J connectivity index is 1.45. The SMILES string of the molecule is [C-]#[N+]C1=CCC(C(=O)Nc2ccc(C3CN(C)S(=O)(=O)N(C)C3)cc2C2=CCC3(CCCC3)CC2)=N1. The summed E-state index contributed by atoms with van der Waals surface area (Å²) in [5.41, 5.74) is 4.83. The zero-order valence-corrected chi connectivity index (χ0v) is 21.8. The summed E-state index contributed by atoms with van der Waals surface area (Å²) in [4.78, 5) is 20.4. The Labute approximate surface area is 213 Å². The van der Waals surface area contributed by atoms with Gasteiger partial charge in [-0.2, -0.15) is 17.0 Å². The lowest BCUT2D eigenvalue weighted by Crippen LogP contribution is -2.49. The van der Waals surface area contributed by atoms with Gasteiger partial charge in [0.15, 0.2) is 5.71 Å². The van der Waals surface area contributed by atoms with Crippen molar-refractivity contribution < 1.29 is 13.2 Å². The Morgan fingerprint density at radius 2 is 1.86 bits per heavy atom. The van der Waals surface area contributed by atoms with Crippen LogP contribution in [0.2, 0.25) is 0 Å². The van der Waals surface area contributed by atoms with Crippen LogP contribution in [0.3, 0.4) is 0 Å². The molecule has 2 fully saturated rings. The maximum atomic E-state index is 13.0. The van der Waals surface area contributed by atoms with Crippen molar-refractivity contribution in [1.82, 2.24) is 8.61 Å². The second-order valence-corrected chi connectivity index (χ2v) is 12.7. The summed E-state index contributed by atoms with van der Waals surface area (Å²) in [5.74, 6) is 0.000818. The maximum absolute atomic E-state index is 13.0. The molecule has 190 valence electrons. The van der Waals surface area contributed by atoms with Gasteiger partial charge in [-0.05, 0) is 60.8 Å². The van der Waals surface area contributed by atoms with Gasteiger partial charge in [0.2, 0.25) is 0 Å². The number of nitrogens with one attached hydrogen (secondary N) is 1.